The largest absolute Gasteiger partial charge is 0.337 e. The lowest BCUT2D eigenvalue weighted by molar-refractivity contribution is 0.0785. The van der Waals surface area contributed by atoms with Gasteiger partial charge < -0.3 is 10.6 Å². The summed E-state index contributed by atoms with van der Waals surface area (Å²) in [5.74, 6) is 0.0382. The van der Waals surface area contributed by atoms with Crippen LogP contribution in [0.25, 0.3) is 0 Å². The first-order chi connectivity index (χ1) is 10.0. The van der Waals surface area contributed by atoms with E-state index in [0.717, 1.165) is 22.3 Å². The van der Waals surface area contributed by atoms with Crippen LogP contribution in [-0.2, 0) is 13.1 Å². The van der Waals surface area contributed by atoms with Gasteiger partial charge in [-0.15, -0.1) is 0 Å². The van der Waals surface area contributed by atoms with Crippen LogP contribution in [0.3, 0.4) is 0 Å². The van der Waals surface area contributed by atoms with Gasteiger partial charge in [-0.1, -0.05) is 30.3 Å². The molecule has 0 unspecified atom stereocenters. The Morgan fingerprint density at radius 2 is 1.76 bits per heavy atom. The molecule has 2 aromatic carbocycles. The molecule has 3 nitrogen and oxygen atoms in total. The fourth-order valence-electron chi connectivity index (χ4n) is 2.30. The second-order valence-electron chi connectivity index (χ2n) is 5.48. The normalized spacial score (nSPS) is 10.5. The Balaban J connectivity index is 2.13. The summed E-state index contributed by atoms with van der Waals surface area (Å²) in [6.07, 6.45) is 0. The van der Waals surface area contributed by atoms with E-state index in [0.29, 0.717) is 13.1 Å². The van der Waals surface area contributed by atoms with E-state index in [2.05, 4.69) is 0 Å². The topological polar surface area (TPSA) is 46.3 Å². The van der Waals surface area contributed by atoms with Gasteiger partial charge in [0.25, 0.3) is 5.91 Å². The molecule has 3 heteroatoms. The molecule has 2 rings (SSSR count). The highest BCUT2D eigenvalue weighted by Crippen LogP contribution is 2.14. The average molecular weight is 282 g/mol. The molecule has 0 radical (unpaired) electrons. The minimum atomic E-state index is 0.0382. The highest BCUT2D eigenvalue weighted by Gasteiger charge is 2.12. The first-order valence-corrected chi connectivity index (χ1v) is 7.12. The Bertz CT molecular complexity index is 649. The molecule has 0 bridgehead atoms. The van der Waals surface area contributed by atoms with Gasteiger partial charge in [0.05, 0.1) is 0 Å². The van der Waals surface area contributed by atoms with Crippen molar-refractivity contribution in [3.8, 4) is 0 Å². The van der Waals surface area contributed by atoms with Gasteiger partial charge in [-0.2, -0.15) is 0 Å². The zero-order valence-corrected chi connectivity index (χ0v) is 12.9. The van der Waals surface area contributed by atoms with Crippen molar-refractivity contribution < 1.29 is 4.79 Å². The molecule has 1 amide bonds. The number of carbonyl (C=O) groups is 1. The second-order valence-corrected chi connectivity index (χ2v) is 5.48. The third kappa shape index (κ3) is 3.70. The molecular weight excluding hydrogens is 260 g/mol. The second kappa shape index (κ2) is 6.55. The molecule has 2 aromatic rings. The van der Waals surface area contributed by atoms with E-state index >= 15 is 0 Å². The third-order valence-corrected chi connectivity index (χ3v) is 3.75. The van der Waals surface area contributed by atoms with Crippen LogP contribution in [0.2, 0.25) is 0 Å². The molecule has 21 heavy (non-hydrogen) atoms. The fourth-order valence-corrected chi connectivity index (χ4v) is 2.30. The van der Waals surface area contributed by atoms with Crippen LogP contribution < -0.4 is 5.73 Å². The Hall–Kier alpha value is -2.13. The Morgan fingerprint density at radius 1 is 1.05 bits per heavy atom. The third-order valence-electron chi connectivity index (χ3n) is 3.75. The van der Waals surface area contributed by atoms with Gasteiger partial charge in [-0.25, -0.2) is 0 Å². The number of rotatable bonds is 4. The quantitative estimate of drug-likeness (QED) is 0.937. The SMILES string of the molecule is Cc1ccc(C(=O)N(C)Cc2cccc(CN)c2)cc1C. The molecular formula is C18H22N2O. The standard InChI is InChI=1S/C18H22N2O/c1-13-7-8-17(9-14(13)2)18(21)20(3)12-16-6-4-5-15(10-16)11-19/h4-10H,11-12,19H2,1-3H3. The van der Waals surface area contributed by atoms with E-state index in [4.69, 9.17) is 5.73 Å². The lowest BCUT2D eigenvalue weighted by atomic mass is 10.1. The van der Waals surface area contributed by atoms with Crippen molar-refractivity contribution in [2.45, 2.75) is 26.9 Å². The molecule has 0 heterocycles. The molecule has 0 saturated heterocycles. The monoisotopic (exact) mass is 282 g/mol. The Labute approximate surface area is 126 Å². The molecule has 0 spiro atoms. The highest BCUT2D eigenvalue weighted by molar-refractivity contribution is 5.94. The molecule has 0 aliphatic carbocycles. The van der Waals surface area contributed by atoms with Crippen molar-refractivity contribution >= 4 is 5.91 Å². The lowest BCUT2D eigenvalue weighted by Gasteiger charge is -2.18. The molecule has 0 saturated carbocycles. The predicted octanol–water partition coefficient (Wildman–Crippen LogP) is 3.03. The van der Waals surface area contributed by atoms with Crippen LogP contribution in [0.15, 0.2) is 42.5 Å². The number of benzene rings is 2. The summed E-state index contributed by atoms with van der Waals surface area (Å²) >= 11 is 0. The van der Waals surface area contributed by atoms with Gasteiger partial charge in [0.2, 0.25) is 0 Å². The van der Waals surface area contributed by atoms with E-state index < -0.39 is 0 Å². The summed E-state index contributed by atoms with van der Waals surface area (Å²) in [4.78, 5) is 14.2. The van der Waals surface area contributed by atoms with Crippen LogP contribution >= 0.6 is 0 Å². The van der Waals surface area contributed by atoms with E-state index in [1.54, 1.807) is 4.90 Å². The van der Waals surface area contributed by atoms with Crippen molar-refractivity contribution in [2.24, 2.45) is 5.73 Å². The van der Waals surface area contributed by atoms with Gasteiger partial charge in [-0.05, 0) is 48.2 Å². The van der Waals surface area contributed by atoms with Gasteiger partial charge in [0, 0.05) is 25.7 Å². The maximum Gasteiger partial charge on any atom is 0.253 e. The molecule has 0 fully saturated rings. The molecule has 2 N–H and O–H groups in total. The summed E-state index contributed by atoms with van der Waals surface area (Å²) < 4.78 is 0. The predicted molar refractivity (Wildman–Crippen MR) is 86.0 cm³/mol. The van der Waals surface area contributed by atoms with Gasteiger partial charge in [0.15, 0.2) is 0 Å². The molecule has 0 aromatic heterocycles. The molecule has 0 aliphatic rings. The minimum absolute atomic E-state index is 0.0382. The van der Waals surface area contributed by atoms with Crippen LogP contribution in [-0.4, -0.2) is 17.9 Å². The van der Waals surface area contributed by atoms with E-state index in [1.165, 1.54) is 5.56 Å². The first kappa shape index (κ1) is 15.3. The van der Waals surface area contributed by atoms with E-state index in [1.807, 2.05) is 63.4 Å². The van der Waals surface area contributed by atoms with E-state index in [9.17, 15) is 4.79 Å². The summed E-state index contributed by atoms with van der Waals surface area (Å²) in [5.41, 5.74) is 10.9. The number of hydrogen-bond acceptors (Lipinski definition) is 2. The molecule has 110 valence electrons. The zero-order valence-electron chi connectivity index (χ0n) is 12.9. The van der Waals surface area contributed by atoms with Crippen molar-refractivity contribution in [3.05, 3.63) is 70.3 Å². The Morgan fingerprint density at radius 3 is 2.43 bits per heavy atom. The minimum Gasteiger partial charge on any atom is -0.337 e. The highest BCUT2D eigenvalue weighted by atomic mass is 16.2. The summed E-state index contributed by atoms with van der Waals surface area (Å²) in [6, 6.07) is 13.9. The number of hydrogen-bond donors (Lipinski definition) is 1. The van der Waals surface area contributed by atoms with Crippen molar-refractivity contribution in [3.63, 3.8) is 0 Å². The number of nitrogens with zero attached hydrogens (tertiary/aromatic N) is 1. The maximum absolute atomic E-state index is 12.5. The van der Waals surface area contributed by atoms with Crippen LogP contribution in [0.4, 0.5) is 0 Å². The summed E-state index contributed by atoms with van der Waals surface area (Å²) in [5, 5.41) is 0. The average Bonchev–Trinajstić information content (AvgIpc) is 2.49. The zero-order chi connectivity index (χ0) is 15.4. The van der Waals surface area contributed by atoms with Gasteiger partial charge in [-0.3, -0.25) is 4.79 Å². The van der Waals surface area contributed by atoms with Gasteiger partial charge >= 0.3 is 0 Å². The first-order valence-electron chi connectivity index (χ1n) is 7.12. The van der Waals surface area contributed by atoms with Crippen LogP contribution in [0.1, 0.15) is 32.6 Å². The number of nitrogens with two attached hydrogens (primary N) is 1. The maximum atomic E-state index is 12.5. The number of carbonyl (C=O) groups excluding carboxylic acids is 1. The van der Waals surface area contributed by atoms with Crippen molar-refractivity contribution in [1.82, 2.24) is 4.90 Å². The van der Waals surface area contributed by atoms with Gasteiger partial charge in [0.1, 0.15) is 0 Å². The lowest BCUT2D eigenvalue weighted by Crippen LogP contribution is -2.26. The molecule has 0 atom stereocenters. The summed E-state index contributed by atoms with van der Waals surface area (Å²) in [7, 11) is 1.83. The smallest absolute Gasteiger partial charge is 0.253 e. The van der Waals surface area contributed by atoms with E-state index in [-0.39, 0.29) is 5.91 Å². The number of aryl methyl sites for hydroxylation is 2. The van der Waals surface area contributed by atoms with Crippen LogP contribution in [0.5, 0.6) is 0 Å². The van der Waals surface area contributed by atoms with Crippen molar-refractivity contribution in [2.75, 3.05) is 7.05 Å². The Kier molecular flexibility index (Phi) is 4.76. The molecule has 0 aliphatic heterocycles. The summed E-state index contributed by atoms with van der Waals surface area (Å²) in [6.45, 7) is 5.17. The number of amides is 1. The van der Waals surface area contributed by atoms with Crippen molar-refractivity contribution in [1.29, 1.82) is 0 Å². The fraction of sp³-hybridized carbons (Fsp3) is 0.278. The van der Waals surface area contributed by atoms with Crippen LogP contribution in [0, 0.1) is 13.8 Å².